The predicted molar refractivity (Wildman–Crippen MR) is 123 cm³/mol. The van der Waals surface area contributed by atoms with Crippen molar-refractivity contribution in [3.8, 4) is 5.75 Å². The number of rotatable bonds is 6. The van der Waals surface area contributed by atoms with Gasteiger partial charge in [0.15, 0.2) is 0 Å². The number of hydrogen-bond acceptors (Lipinski definition) is 2. The van der Waals surface area contributed by atoms with Crippen LogP contribution in [-0.4, -0.2) is 0 Å². The third kappa shape index (κ3) is 4.67. The molecule has 0 atom stereocenters. The van der Waals surface area contributed by atoms with Gasteiger partial charge in [0.1, 0.15) is 12.4 Å². The molecular formula is C25H21Cl2NO. The van der Waals surface area contributed by atoms with Gasteiger partial charge >= 0.3 is 0 Å². The molecule has 2 nitrogen and oxygen atoms in total. The van der Waals surface area contributed by atoms with E-state index in [4.69, 9.17) is 27.9 Å². The van der Waals surface area contributed by atoms with E-state index in [1.165, 1.54) is 10.8 Å². The second-order valence-electron chi connectivity index (χ2n) is 7.00. The van der Waals surface area contributed by atoms with Gasteiger partial charge in [-0.25, -0.2) is 0 Å². The van der Waals surface area contributed by atoms with Crippen molar-refractivity contribution in [2.45, 2.75) is 20.1 Å². The van der Waals surface area contributed by atoms with E-state index in [0.717, 1.165) is 33.1 Å². The van der Waals surface area contributed by atoms with Crippen molar-refractivity contribution in [1.29, 1.82) is 0 Å². The van der Waals surface area contributed by atoms with E-state index in [9.17, 15) is 0 Å². The van der Waals surface area contributed by atoms with Crippen molar-refractivity contribution in [3.05, 3.63) is 106 Å². The molecule has 4 heteroatoms. The molecule has 0 aliphatic heterocycles. The Morgan fingerprint density at radius 2 is 1.66 bits per heavy atom. The molecule has 0 radical (unpaired) electrons. The zero-order valence-electron chi connectivity index (χ0n) is 16.1. The van der Waals surface area contributed by atoms with Gasteiger partial charge in [-0.2, -0.15) is 0 Å². The Kier molecular flexibility index (Phi) is 5.94. The molecule has 0 fully saturated rings. The van der Waals surface area contributed by atoms with Gasteiger partial charge in [0.25, 0.3) is 0 Å². The minimum Gasteiger partial charge on any atom is -0.489 e. The molecule has 0 saturated carbocycles. The lowest BCUT2D eigenvalue weighted by molar-refractivity contribution is 0.305. The van der Waals surface area contributed by atoms with Crippen molar-refractivity contribution in [2.24, 2.45) is 0 Å². The Bertz CT molecular complexity index is 1150. The zero-order valence-corrected chi connectivity index (χ0v) is 17.6. The number of aryl methyl sites for hydroxylation is 1. The SMILES string of the molecule is Cc1ccc(NCc2cc(Cl)ccc2OCc2cccc3ccccc23)cc1Cl. The lowest BCUT2D eigenvalue weighted by atomic mass is 10.1. The summed E-state index contributed by atoms with van der Waals surface area (Å²) in [5.41, 5.74) is 4.16. The molecule has 0 heterocycles. The van der Waals surface area contributed by atoms with Crippen LogP contribution in [0.15, 0.2) is 78.9 Å². The maximum Gasteiger partial charge on any atom is 0.124 e. The smallest absolute Gasteiger partial charge is 0.124 e. The molecule has 1 N–H and O–H groups in total. The van der Waals surface area contributed by atoms with Gasteiger partial charge in [0.05, 0.1) is 0 Å². The highest BCUT2D eigenvalue weighted by molar-refractivity contribution is 6.31. The van der Waals surface area contributed by atoms with Gasteiger partial charge in [0.2, 0.25) is 0 Å². The van der Waals surface area contributed by atoms with Gasteiger partial charge in [-0.3, -0.25) is 0 Å². The molecule has 0 amide bonds. The molecule has 29 heavy (non-hydrogen) atoms. The topological polar surface area (TPSA) is 21.3 Å². The summed E-state index contributed by atoms with van der Waals surface area (Å²) in [7, 11) is 0. The Hall–Kier alpha value is -2.68. The molecule has 0 saturated heterocycles. The van der Waals surface area contributed by atoms with Gasteiger partial charge in [-0.05, 0) is 59.2 Å². The number of benzene rings is 4. The summed E-state index contributed by atoms with van der Waals surface area (Å²) < 4.78 is 6.19. The third-order valence-corrected chi connectivity index (χ3v) is 5.58. The largest absolute Gasteiger partial charge is 0.489 e. The molecule has 0 spiro atoms. The monoisotopic (exact) mass is 421 g/mol. The highest BCUT2D eigenvalue weighted by Gasteiger charge is 2.08. The van der Waals surface area contributed by atoms with E-state index in [-0.39, 0.29) is 0 Å². The minimum atomic E-state index is 0.492. The van der Waals surface area contributed by atoms with E-state index < -0.39 is 0 Å². The predicted octanol–water partition coefficient (Wildman–Crippen LogP) is 7.65. The van der Waals surface area contributed by atoms with E-state index in [1.54, 1.807) is 0 Å². The Morgan fingerprint density at radius 1 is 0.828 bits per heavy atom. The highest BCUT2D eigenvalue weighted by atomic mass is 35.5. The van der Waals surface area contributed by atoms with Gasteiger partial charge in [0, 0.05) is 27.8 Å². The van der Waals surface area contributed by atoms with Crippen molar-refractivity contribution in [2.75, 3.05) is 5.32 Å². The quantitative estimate of drug-likeness (QED) is 0.345. The summed E-state index contributed by atoms with van der Waals surface area (Å²) in [6, 6.07) is 26.3. The van der Waals surface area contributed by atoms with Crippen molar-refractivity contribution in [1.82, 2.24) is 0 Å². The van der Waals surface area contributed by atoms with Crippen LogP contribution in [0.25, 0.3) is 10.8 Å². The first kappa shape index (κ1) is 19.6. The fourth-order valence-corrected chi connectivity index (χ4v) is 3.68. The molecule has 0 bridgehead atoms. The molecule has 146 valence electrons. The second-order valence-corrected chi connectivity index (χ2v) is 7.84. The van der Waals surface area contributed by atoms with Gasteiger partial charge < -0.3 is 10.1 Å². The van der Waals surface area contributed by atoms with Crippen LogP contribution >= 0.6 is 23.2 Å². The summed E-state index contributed by atoms with van der Waals surface area (Å²) in [6.07, 6.45) is 0. The average Bonchev–Trinajstić information content (AvgIpc) is 2.74. The van der Waals surface area contributed by atoms with E-state index in [1.807, 2.05) is 49.4 Å². The summed E-state index contributed by atoms with van der Waals surface area (Å²) in [5.74, 6) is 0.813. The fraction of sp³-hybridized carbons (Fsp3) is 0.120. The summed E-state index contributed by atoms with van der Waals surface area (Å²) >= 11 is 12.5. The molecule has 0 aliphatic rings. The Balaban J connectivity index is 1.52. The first-order chi connectivity index (χ1) is 14.1. The molecule has 0 aromatic heterocycles. The number of halogens is 2. The molecule has 0 unspecified atom stereocenters. The van der Waals surface area contributed by atoms with Crippen LogP contribution in [0.1, 0.15) is 16.7 Å². The number of fused-ring (bicyclic) bond motifs is 1. The third-order valence-electron chi connectivity index (χ3n) is 4.94. The van der Waals surface area contributed by atoms with Crippen molar-refractivity contribution >= 4 is 39.7 Å². The molecule has 4 aromatic carbocycles. The van der Waals surface area contributed by atoms with Crippen LogP contribution in [0.3, 0.4) is 0 Å². The lowest BCUT2D eigenvalue weighted by Crippen LogP contribution is -2.04. The van der Waals surface area contributed by atoms with Crippen LogP contribution in [0.2, 0.25) is 10.0 Å². The molecule has 0 aliphatic carbocycles. The van der Waals surface area contributed by atoms with Crippen LogP contribution < -0.4 is 10.1 Å². The van der Waals surface area contributed by atoms with Gasteiger partial charge in [-0.15, -0.1) is 0 Å². The van der Waals surface area contributed by atoms with Crippen LogP contribution in [-0.2, 0) is 13.2 Å². The first-order valence-electron chi connectivity index (χ1n) is 9.48. The zero-order chi connectivity index (χ0) is 20.2. The first-order valence-corrected chi connectivity index (χ1v) is 10.2. The lowest BCUT2D eigenvalue weighted by Gasteiger charge is -2.15. The highest BCUT2D eigenvalue weighted by Crippen LogP contribution is 2.27. The van der Waals surface area contributed by atoms with E-state index in [0.29, 0.717) is 18.2 Å². The minimum absolute atomic E-state index is 0.492. The average molecular weight is 422 g/mol. The van der Waals surface area contributed by atoms with Gasteiger partial charge in [-0.1, -0.05) is 71.7 Å². The van der Waals surface area contributed by atoms with Crippen LogP contribution in [0, 0.1) is 6.92 Å². The van der Waals surface area contributed by atoms with Crippen molar-refractivity contribution in [3.63, 3.8) is 0 Å². The fourth-order valence-electron chi connectivity index (χ4n) is 3.30. The summed E-state index contributed by atoms with van der Waals surface area (Å²) in [4.78, 5) is 0. The second kappa shape index (κ2) is 8.77. The number of hydrogen-bond donors (Lipinski definition) is 1. The number of anilines is 1. The maximum absolute atomic E-state index is 6.24. The van der Waals surface area contributed by atoms with Crippen LogP contribution in [0.4, 0.5) is 5.69 Å². The molecular weight excluding hydrogens is 401 g/mol. The normalized spacial score (nSPS) is 10.9. The standard InChI is InChI=1S/C25H21Cl2NO/c1-17-9-11-22(14-24(17)27)28-15-20-13-21(26)10-12-25(20)29-16-19-7-4-6-18-5-2-3-8-23(18)19/h2-14,28H,15-16H2,1H3. The molecule has 4 aromatic rings. The maximum atomic E-state index is 6.24. The Labute approximate surface area is 181 Å². The summed E-state index contributed by atoms with van der Waals surface area (Å²) in [5, 5.41) is 7.24. The van der Waals surface area contributed by atoms with Crippen molar-refractivity contribution < 1.29 is 4.74 Å². The van der Waals surface area contributed by atoms with E-state index >= 15 is 0 Å². The number of ether oxygens (including phenoxy) is 1. The van der Waals surface area contributed by atoms with E-state index in [2.05, 4.69) is 41.7 Å². The summed E-state index contributed by atoms with van der Waals surface area (Å²) in [6.45, 7) is 3.07. The Morgan fingerprint density at radius 3 is 2.52 bits per heavy atom. The number of nitrogens with one attached hydrogen (secondary N) is 1. The molecule has 4 rings (SSSR count). The van der Waals surface area contributed by atoms with Crippen LogP contribution in [0.5, 0.6) is 5.75 Å².